The molecule has 1 aromatic rings. The van der Waals surface area contributed by atoms with Gasteiger partial charge in [-0.1, -0.05) is 0 Å². The fourth-order valence-corrected chi connectivity index (χ4v) is 1.28. The van der Waals surface area contributed by atoms with Crippen LogP contribution in [0.25, 0.3) is 0 Å². The van der Waals surface area contributed by atoms with Crippen LogP contribution in [0.15, 0.2) is 24.5 Å². The zero-order chi connectivity index (χ0) is 10.6. The van der Waals surface area contributed by atoms with Gasteiger partial charge in [0, 0.05) is 17.7 Å². The molecule has 0 spiro atoms. The zero-order valence-electron chi connectivity index (χ0n) is 9.67. The Labute approximate surface area is 87.0 Å². The van der Waals surface area contributed by atoms with E-state index >= 15 is 0 Å². The quantitative estimate of drug-likeness (QED) is 0.718. The van der Waals surface area contributed by atoms with Gasteiger partial charge in [0.05, 0.1) is 0 Å². The number of rotatable bonds is 3. The molecule has 14 heavy (non-hydrogen) atoms. The molecule has 0 fully saturated rings. The maximum Gasteiger partial charge on any atom is 0.168 e. The number of aryl methyl sites for hydroxylation is 1. The van der Waals surface area contributed by atoms with Crippen molar-refractivity contribution in [2.75, 3.05) is 6.54 Å². The van der Waals surface area contributed by atoms with Gasteiger partial charge in [-0.15, -0.1) is 0 Å². The summed E-state index contributed by atoms with van der Waals surface area (Å²) in [6.07, 6.45) is 5.27. The largest absolute Gasteiger partial charge is 0.312 e. The van der Waals surface area contributed by atoms with Crippen molar-refractivity contribution in [2.45, 2.75) is 32.7 Å². The lowest BCUT2D eigenvalue weighted by molar-refractivity contribution is -0.671. The number of aromatic nitrogens is 1. The van der Waals surface area contributed by atoms with Gasteiger partial charge >= 0.3 is 0 Å². The molecule has 1 aromatic heterocycles. The van der Waals surface area contributed by atoms with Crippen molar-refractivity contribution in [3.05, 3.63) is 30.1 Å². The van der Waals surface area contributed by atoms with Gasteiger partial charge in [0.15, 0.2) is 12.4 Å². The minimum atomic E-state index is 0.222. The molecule has 0 unspecified atom stereocenters. The first-order valence-electron chi connectivity index (χ1n) is 5.16. The first-order valence-corrected chi connectivity index (χ1v) is 5.16. The van der Waals surface area contributed by atoms with Crippen LogP contribution >= 0.6 is 0 Å². The van der Waals surface area contributed by atoms with Crippen molar-refractivity contribution in [2.24, 2.45) is 7.05 Å². The molecule has 78 valence electrons. The molecule has 0 radical (unpaired) electrons. The van der Waals surface area contributed by atoms with E-state index in [4.69, 9.17) is 0 Å². The molecule has 0 saturated carbocycles. The molecule has 0 aliphatic heterocycles. The minimum Gasteiger partial charge on any atom is -0.312 e. The number of hydrogen-bond acceptors (Lipinski definition) is 1. The van der Waals surface area contributed by atoms with Crippen molar-refractivity contribution >= 4 is 0 Å². The Morgan fingerprint density at radius 1 is 1.21 bits per heavy atom. The fraction of sp³-hybridized carbons (Fsp3) is 0.583. The maximum absolute atomic E-state index is 3.48. The molecule has 0 saturated heterocycles. The summed E-state index contributed by atoms with van der Waals surface area (Å²) in [6, 6.07) is 4.34. The molecular weight excluding hydrogens is 172 g/mol. The van der Waals surface area contributed by atoms with Crippen LogP contribution in [-0.4, -0.2) is 12.1 Å². The van der Waals surface area contributed by atoms with Crippen LogP contribution in [0.3, 0.4) is 0 Å². The van der Waals surface area contributed by atoms with E-state index in [0.717, 1.165) is 13.0 Å². The Hall–Kier alpha value is -0.890. The average molecular weight is 193 g/mol. The zero-order valence-corrected chi connectivity index (χ0v) is 9.67. The lowest BCUT2D eigenvalue weighted by atomic mass is 10.1. The molecular formula is C12H21N2+. The van der Waals surface area contributed by atoms with E-state index in [1.807, 2.05) is 7.05 Å². The fourth-order valence-electron chi connectivity index (χ4n) is 1.28. The highest BCUT2D eigenvalue weighted by molar-refractivity contribution is 5.07. The third kappa shape index (κ3) is 4.38. The van der Waals surface area contributed by atoms with E-state index in [-0.39, 0.29) is 5.54 Å². The second-order valence-corrected chi connectivity index (χ2v) is 4.80. The standard InChI is InChI=1S/C12H21N2/c1-12(2,3)13-8-5-11-6-9-14(4)10-7-11/h6-7,9-10,13H,5,8H2,1-4H3/q+1. The Bertz CT molecular complexity index is 269. The Kier molecular flexibility index (Phi) is 3.64. The van der Waals surface area contributed by atoms with Crippen molar-refractivity contribution in [3.8, 4) is 0 Å². The van der Waals surface area contributed by atoms with E-state index in [1.54, 1.807) is 0 Å². The van der Waals surface area contributed by atoms with Gasteiger partial charge in [0.2, 0.25) is 0 Å². The van der Waals surface area contributed by atoms with Crippen molar-refractivity contribution in [1.82, 2.24) is 5.32 Å². The van der Waals surface area contributed by atoms with Crippen LogP contribution in [0.4, 0.5) is 0 Å². The van der Waals surface area contributed by atoms with Gasteiger partial charge in [-0.3, -0.25) is 0 Å². The third-order valence-corrected chi connectivity index (χ3v) is 2.12. The number of nitrogens with zero attached hydrogens (tertiary/aromatic N) is 1. The molecule has 2 nitrogen and oxygen atoms in total. The van der Waals surface area contributed by atoms with Gasteiger partial charge < -0.3 is 5.32 Å². The summed E-state index contributed by atoms with van der Waals surface area (Å²) in [5.74, 6) is 0. The summed E-state index contributed by atoms with van der Waals surface area (Å²) >= 11 is 0. The lowest BCUT2D eigenvalue weighted by Gasteiger charge is -2.20. The van der Waals surface area contributed by atoms with E-state index in [0.29, 0.717) is 0 Å². The summed E-state index contributed by atoms with van der Waals surface area (Å²) in [6.45, 7) is 7.62. The molecule has 0 aliphatic rings. The smallest absolute Gasteiger partial charge is 0.168 e. The predicted octanol–water partition coefficient (Wildman–Crippen LogP) is 1.44. The molecule has 0 amide bonds. The molecule has 1 N–H and O–H groups in total. The Balaban J connectivity index is 2.35. The monoisotopic (exact) mass is 193 g/mol. The molecule has 0 atom stereocenters. The van der Waals surface area contributed by atoms with Crippen LogP contribution in [0.2, 0.25) is 0 Å². The highest BCUT2D eigenvalue weighted by Gasteiger charge is 2.07. The molecule has 0 aliphatic carbocycles. The van der Waals surface area contributed by atoms with Crippen molar-refractivity contribution in [1.29, 1.82) is 0 Å². The topological polar surface area (TPSA) is 15.9 Å². The Morgan fingerprint density at radius 3 is 2.29 bits per heavy atom. The third-order valence-electron chi connectivity index (χ3n) is 2.12. The highest BCUT2D eigenvalue weighted by Crippen LogP contribution is 2.00. The van der Waals surface area contributed by atoms with Gasteiger partial charge in [0.25, 0.3) is 0 Å². The van der Waals surface area contributed by atoms with E-state index < -0.39 is 0 Å². The maximum atomic E-state index is 3.48. The molecule has 2 heteroatoms. The van der Waals surface area contributed by atoms with Gasteiger partial charge in [-0.05, 0) is 39.3 Å². The molecule has 0 aromatic carbocycles. The second-order valence-electron chi connectivity index (χ2n) is 4.80. The number of pyridine rings is 1. The normalized spacial score (nSPS) is 11.7. The summed E-state index contributed by atoms with van der Waals surface area (Å²) in [7, 11) is 2.04. The van der Waals surface area contributed by atoms with E-state index in [2.05, 4.69) is 55.2 Å². The van der Waals surface area contributed by atoms with Gasteiger partial charge in [-0.2, -0.15) is 0 Å². The van der Waals surface area contributed by atoms with E-state index in [9.17, 15) is 0 Å². The van der Waals surface area contributed by atoms with Crippen molar-refractivity contribution in [3.63, 3.8) is 0 Å². The van der Waals surface area contributed by atoms with Crippen LogP contribution < -0.4 is 9.88 Å². The average Bonchev–Trinajstić information content (AvgIpc) is 2.06. The molecule has 1 rings (SSSR count). The van der Waals surface area contributed by atoms with Crippen LogP contribution in [-0.2, 0) is 13.5 Å². The summed E-state index contributed by atoms with van der Waals surface area (Å²) in [4.78, 5) is 0. The SMILES string of the molecule is C[n+]1ccc(CCNC(C)(C)C)cc1. The minimum absolute atomic E-state index is 0.222. The van der Waals surface area contributed by atoms with Crippen LogP contribution in [0, 0.1) is 0 Å². The summed E-state index contributed by atoms with van der Waals surface area (Å²) in [5, 5.41) is 3.48. The van der Waals surface area contributed by atoms with Crippen LogP contribution in [0.5, 0.6) is 0 Å². The number of nitrogens with one attached hydrogen (secondary N) is 1. The lowest BCUT2D eigenvalue weighted by Crippen LogP contribution is -2.37. The summed E-state index contributed by atoms with van der Waals surface area (Å²) in [5.41, 5.74) is 1.61. The molecule has 0 bridgehead atoms. The predicted molar refractivity (Wildman–Crippen MR) is 59.1 cm³/mol. The first kappa shape index (κ1) is 11.2. The van der Waals surface area contributed by atoms with Crippen molar-refractivity contribution < 1.29 is 4.57 Å². The highest BCUT2D eigenvalue weighted by atomic mass is 14.9. The van der Waals surface area contributed by atoms with E-state index in [1.165, 1.54) is 5.56 Å². The number of hydrogen-bond donors (Lipinski definition) is 1. The Morgan fingerprint density at radius 2 is 1.79 bits per heavy atom. The summed E-state index contributed by atoms with van der Waals surface area (Å²) < 4.78 is 2.06. The van der Waals surface area contributed by atoms with Crippen LogP contribution in [0.1, 0.15) is 26.3 Å². The first-order chi connectivity index (χ1) is 6.47. The molecule has 1 heterocycles. The van der Waals surface area contributed by atoms with Gasteiger partial charge in [0.1, 0.15) is 7.05 Å². The van der Waals surface area contributed by atoms with Gasteiger partial charge in [-0.25, -0.2) is 4.57 Å². The second kappa shape index (κ2) is 4.56.